The average molecular weight is 358 g/mol. The molecular weight excluding hydrogens is 341 g/mol. The molecule has 0 unspecified atom stereocenters. The number of para-hydroxylation sites is 2. The number of rotatable bonds is 6. The van der Waals surface area contributed by atoms with Crippen LogP contribution in [0.1, 0.15) is 11.1 Å². The Labute approximate surface area is 152 Å². The van der Waals surface area contributed by atoms with Gasteiger partial charge in [0.1, 0.15) is 12.4 Å². The predicted octanol–water partition coefficient (Wildman–Crippen LogP) is 6.18. The van der Waals surface area contributed by atoms with Gasteiger partial charge in [0.25, 0.3) is 0 Å². The van der Waals surface area contributed by atoms with Gasteiger partial charge in [-0.1, -0.05) is 65.7 Å². The molecule has 1 N–H and O–H groups in total. The first-order valence-electron chi connectivity index (χ1n) is 7.66. The molecule has 0 amide bonds. The zero-order valence-electron chi connectivity index (χ0n) is 13.0. The van der Waals surface area contributed by atoms with Gasteiger partial charge in [-0.15, -0.1) is 0 Å². The van der Waals surface area contributed by atoms with Gasteiger partial charge in [-0.05, 0) is 30.3 Å². The molecule has 0 radical (unpaired) electrons. The third kappa shape index (κ3) is 4.22. The van der Waals surface area contributed by atoms with Crippen molar-refractivity contribution in [2.75, 3.05) is 5.32 Å². The van der Waals surface area contributed by atoms with E-state index < -0.39 is 0 Å². The Morgan fingerprint density at radius 2 is 1.42 bits per heavy atom. The minimum absolute atomic E-state index is 0.334. The van der Waals surface area contributed by atoms with Crippen molar-refractivity contribution in [3.05, 3.63) is 94.0 Å². The fourth-order valence-corrected chi connectivity index (χ4v) is 2.87. The van der Waals surface area contributed by atoms with Gasteiger partial charge in [0.05, 0.1) is 0 Å². The maximum Gasteiger partial charge on any atom is 0.124 e. The highest BCUT2D eigenvalue weighted by Crippen LogP contribution is 2.27. The number of benzene rings is 3. The van der Waals surface area contributed by atoms with Crippen LogP contribution in [0.2, 0.25) is 10.0 Å². The van der Waals surface area contributed by atoms with Crippen LogP contribution >= 0.6 is 23.2 Å². The molecule has 3 rings (SSSR count). The van der Waals surface area contributed by atoms with E-state index in [4.69, 9.17) is 27.9 Å². The first kappa shape index (κ1) is 16.7. The summed E-state index contributed by atoms with van der Waals surface area (Å²) in [4.78, 5) is 0. The number of anilines is 1. The SMILES string of the molecule is Clc1cccc(Cl)c1COc1ccccc1CNc1ccccc1. The molecule has 122 valence electrons. The number of ether oxygens (including phenoxy) is 1. The van der Waals surface area contributed by atoms with Gasteiger partial charge in [0, 0.05) is 33.4 Å². The number of halogens is 2. The van der Waals surface area contributed by atoms with Gasteiger partial charge < -0.3 is 10.1 Å². The van der Waals surface area contributed by atoms with Crippen LogP contribution in [0, 0.1) is 0 Å². The Hall–Kier alpha value is -2.16. The van der Waals surface area contributed by atoms with E-state index in [9.17, 15) is 0 Å². The van der Waals surface area contributed by atoms with Crippen molar-refractivity contribution in [2.45, 2.75) is 13.2 Å². The van der Waals surface area contributed by atoms with Crippen molar-refractivity contribution >= 4 is 28.9 Å². The normalized spacial score (nSPS) is 10.4. The van der Waals surface area contributed by atoms with E-state index >= 15 is 0 Å². The maximum atomic E-state index is 6.20. The molecule has 0 fully saturated rings. The van der Waals surface area contributed by atoms with Crippen LogP contribution in [0.4, 0.5) is 5.69 Å². The largest absolute Gasteiger partial charge is 0.488 e. The summed E-state index contributed by atoms with van der Waals surface area (Å²) in [5.74, 6) is 0.817. The molecule has 0 atom stereocenters. The van der Waals surface area contributed by atoms with Crippen LogP contribution < -0.4 is 10.1 Å². The topological polar surface area (TPSA) is 21.3 Å². The molecule has 0 aliphatic carbocycles. The summed E-state index contributed by atoms with van der Waals surface area (Å²) in [6.07, 6.45) is 0. The van der Waals surface area contributed by atoms with E-state index in [1.165, 1.54) is 0 Å². The van der Waals surface area contributed by atoms with Crippen molar-refractivity contribution in [1.82, 2.24) is 0 Å². The van der Waals surface area contributed by atoms with E-state index in [1.54, 1.807) is 0 Å². The molecule has 2 nitrogen and oxygen atoms in total. The minimum Gasteiger partial charge on any atom is -0.488 e. The summed E-state index contributed by atoms with van der Waals surface area (Å²) < 4.78 is 5.96. The minimum atomic E-state index is 0.334. The third-order valence-electron chi connectivity index (χ3n) is 3.66. The van der Waals surface area contributed by atoms with Crippen molar-refractivity contribution in [2.24, 2.45) is 0 Å². The van der Waals surface area contributed by atoms with Crippen LogP contribution in [0.3, 0.4) is 0 Å². The van der Waals surface area contributed by atoms with Gasteiger partial charge >= 0.3 is 0 Å². The summed E-state index contributed by atoms with van der Waals surface area (Å²) in [6, 6.07) is 23.5. The lowest BCUT2D eigenvalue weighted by molar-refractivity contribution is 0.303. The molecular formula is C20H17Cl2NO. The molecule has 0 saturated carbocycles. The predicted molar refractivity (Wildman–Crippen MR) is 101 cm³/mol. The Balaban J connectivity index is 1.70. The summed E-state index contributed by atoms with van der Waals surface area (Å²) in [7, 11) is 0. The van der Waals surface area contributed by atoms with E-state index in [2.05, 4.69) is 5.32 Å². The van der Waals surface area contributed by atoms with Gasteiger partial charge in [0.2, 0.25) is 0 Å². The van der Waals surface area contributed by atoms with Gasteiger partial charge in [0.15, 0.2) is 0 Å². The molecule has 24 heavy (non-hydrogen) atoms. The Kier molecular flexibility index (Phi) is 5.63. The molecule has 0 heterocycles. The van der Waals surface area contributed by atoms with E-state index in [1.807, 2.05) is 72.8 Å². The van der Waals surface area contributed by atoms with Gasteiger partial charge in [-0.3, -0.25) is 0 Å². The van der Waals surface area contributed by atoms with Crippen LogP contribution in [-0.2, 0) is 13.2 Å². The van der Waals surface area contributed by atoms with Crippen molar-refractivity contribution in [3.8, 4) is 5.75 Å². The molecule has 3 aromatic carbocycles. The van der Waals surface area contributed by atoms with Gasteiger partial charge in [-0.2, -0.15) is 0 Å². The number of hydrogen-bond acceptors (Lipinski definition) is 2. The number of nitrogens with one attached hydrogen (secondary N) is 1. The Bertz CT molecular complexity index is 785. The second-order valence-corrected chi connectivity index (χ2v) is 6.13. The maximum absolute atomic E-state index is 6.20. The smallest absolute Gasteiger partial charge is 0.124 e. The first-order chi connectivity index (χ1) is 11.7. The summed E-state index contributed by atoms with van der Waals surface area (Å²) in [5.41, 5.74) is 2.94. The highest BCUT2D eigenvalue weighted by molar-refractivity contribution is 6.35. The fourth-order valence-electron chi connectivity index (χ4n) is 2.36. The van der Waals surface area contributed by atoms with Crippen molar-refractivity contribution in [3.63, 3.8) is 0 Å². The lowest BCUT2D eigenvalue weighted by Crippen LogP contribution is -2.04. The first-order valence-corrected chi connectivity index (χ1v) is 8.42. The van der Waals surface area contributed by atoms with E-state index in [-0.39, 0.29) is 0 Å². The fraction of sp³-hybridized carbons (Fsp3) is 0.100. The summed E-state index contributed by atoms with van der Waals surface area (Å²) >= 11 is 12.4. The molecule has 0 bridgehead atoms. The molecule has 0 aliphatic rings. The molecule has 0 spiro atoms. The van der Waals surface area contributed by atoms with Crippen LogP contribution in [-0.4, -0.2) is 0 Å². The molecule has 0 saturated heterocycles. The number of hydrogen-bond donors (Lipinski definition) is 1. The Morgan fingerprint density at radius 1 is 0.750 bits per heavy atom. The lowest BCUT2D eigenvalue weighted by atomic mass is 10.2. The summed E-state index contributed by atoms with van der Waals surface area (Å²) in [6.45, 7) is 1.01. The highest BCUT2D eigenvalue weighted by Gasteiger charge is 2.08. The summed E-state index contributed by atoms with van der Waals surface area (Å²) in [5, 5.41) is 4.62. The van der Waals surface area contributed by atoms with Crippen LogP contribution in [0.15, 0.2) is 72.8 Å². The quantitative estimate of drug-likeness (QED) is 0.568. The third-order valence-corrected chi connectivity index (χ3v) is 4.37. The second-order valence-electron chi connectivity index (χ2n) is 5.32. The van der Waals surface area contributed by atoms with E-state index in [0.29, 0.717) is 23.2 Å². The lowest BCUT2D eigenvalue weighted by Gasteiger charge is -2.14. The van der Waals surface area contributed by atoms with Gasteiger partial charge in [-0.25, -0.2) is 0 Å². The molecule has 4 heteroatoms. The zero-order chi connectivity index (χ0) is 16.8. The highest BCUT2D eigenvalue weighted by atomic mass is 35.5. The van der Waals surface area contributed by atoms with Crippen molar-refractivity contribution < 1.29 is 4.74 Å². The average Bonchev–Trinajstić information content (AvgIpc) is 2.61. The Morgan fingerprint density at radius 3 is 2.17 bits per heavy atom. The molecule has 0 aromatic heterocycles. The molecule has 0 aliphatic heterocycles. The van der Waals surface area contributed by atoms with E-state index in [0.717, 1.165) is 22.6 Å². The molecule has 3 aromatic rings. The van der Waals surface area contributed by atoms with Crippen molar-refractivity contribution in [1.29, 1.82) is 0 Å². The second kappa shape index (κ2) is 8.09. The standard InChI is InChI=1S/C20H17Cl2NO/c21-18-10-6-11-19(22)17(18)14-24-20-12-5-4-7-15(20)13-23-16-8-2-1-3-9-16/h1-12,23H,13-14H2. The van der Waals surface area contributed by atoms with Crippen LogP contribution in [0.5, 0.6) is 5.75 Å². The zero-order valence-corrected chi connectivity index (χ0v) is 14.5. The monoisotopic (exact) mass is 357 g/mol. The van der Waals surface area contributed by atoms with Crippen LogP contribution in [0.25, 0.3) is 0 Å².